The summed E-state index contributed by atoms with van der Waals surface area (Å²) in [7, 11) is 3.50. The Hall–Kier alpha value is -3.02. The lowest BCUT2D eigenvalue weighted by Crippen LogP contribution is -2.22. The maximum Gasteiger partial charge on any atom is 0.243 e. The SMILES string of the molecule is CCCOc1ccc(NCC(=O)Nc2cccc(CCC(=O)N(C)C)c2)cc1. The summed E-state index contributed by atoms with van der Waals surface area (Å²) in [6.07, 6.45) is 2.06. The van der Waals surface area contributed by atoms with E-state index in [2.05, 4.69) is 17.6 Å². The van der Waals surface area contributed by atoms with Crippen LogP contribution >= 0.6 is 0 Å². The first-order valence-electron chi connectivity index (χ1n) is 9.53. The average Bonchev–Trinajstić information content (AvgIpc) is 2.70. The summed E-state index contributed by atoms with van der Waals surface area (Å²) in [6, 6.07) is 15.1. The molecule has 0 unspecified atom stereocenters. The summed E-state index contributed by atoms with van der Waals surface area (Å²) < 4.78 is 5.54. The van der Waals surface area contributed by atoms with E-state index >= 15 is 0 Å². The molecule has 2 rings (SSSR count). The van der Waals surface area contributed by atoms with E-state index in [1.54, 1.807) is 19.0 Å². The van der Waals surface area contributed by atoms with Crippen LogP contribution in [0.15, 0.2) is 48.5 Å². The molecule has 0 aliphatic carbocycles. The third-order valence-corrected chi connectivity index (χ3v) is 4.12. The minimum atomic E-state index is -0.132. The fourth-order valence-corrected chi connectivity index (χ4v) is 2.56. The largest absolute Gasteiger partial charge is 0.494 e. The van der Waals surface area contributed by atoms with E-state index in [9.17, 15) is 9.59 Å². The number of benzene rings is 2. The van der Waals surface area contributed by atoms with Crippen LogP contribution in [0.4, 0.5) is 11.4 Å². The Bertz CT molecular complexity index is 773. The van der Waals surface area contributed by atoms with Crippen LogP contribution in [0.3, 0.4) is 0 Å². The van der Waals surface area contributed by atoms with E-state index in [0.29, 0.717) is 19.4 Å². The topological polar surface area (TPSA) is 70.7 Å². The average molecular weight is 383 g/mol. The molecule has 0 bridgehead atoms. The monoisotopic (exact) mass is 383 g/mol. The molecule has 0 aromatic heterocycles. The number of hydrogen-bond donors (Lipinski definition) is 2. The molecule has 0 spiro atoms. The third kappa shape index (κ3) is 7.31. The molecule has 6 heteroatoms. The lowest BCUT2D eigenvalue weighted by Gasteiger charge is -2.11. The Morgan fingerprint density at radius 1 is 1.04 bits per heavy atom. The van der Waals surface area contributed by atoms with Crippen LogP contribution in [0.2, 0.25) is 0 Å². The van der Waals surface area contributed by atoms with Gasteiger partial charge in [-0.2, -0.15) is 0 Å². The number of aryl methyl sites for hydroxylation is 1. The quantitative estimate of drug-likeness (QED) is 0.658. The van der Waals surface area contributed by atoms with Crippen molar-refractivity contribution in [1.82, 2.24) is 4.90 Å². The Kier molecular flexibility index (Phi) is 8.34. The molecule has 0 saturated heterocycles. The fraction of sp³-hybridized carbons (Fsp3) is 0.364. The minimum Gasteiger partial charge on any atom is -0.494 e. The number of nitrogens with one attached hydrogen (secondary N) is 2. The van der Waals surface area contributed by atoms with Gasteiger partial charge in [0.15, 0.2) is 0 Å². The highest BCUT2D eigenvalue weighted by Crippen LogP contribution is 2.16. The number of hydrogen-bond acceptors (Lipinski definition) is 4. The van der Waals surface area contributed by atoms with E-state index in [1.807, 2.05) is 48.5 Å². The summed E-state index contributed by atoms with van der Waals surface area (Å²) >= 11 is 0. The lowest BCUT2D eigenvalue weighted by molar-refractivity contribution is -0.128. The van der Waals surface area contributed by atoms with Gasteiger partial charge in [-0.15, -0.1) is 0 Å². The number of carbonyl (C=O) groups is 2. The van der Waals surface area contributed by atoms with Gasteiger partial charge in [0.05, 0.1) is 13.2 Å². The normalized spacial score (nSPS) is 10.2. The van der Waals surface area contributed by atoms with Crippen molar-refractivity contribution in [1.29, 1.82) is 0 Å². The molecule has 0 saturated carbocycles. The van der Waals surface area contributed by atoms with Crippen molar-refractivity contribution in [3.05, 3.63) is 54.1 Å². The highest BCUT2D eigenvalue weighted by molar-refractivity contribution is 5.93. The Morgan fingerprint density at radius 2 is 1.79 bits per heavy atom. The Labute approximate surface area is 166 Å². The van der Waals surface area contributed by atoms with Gasteiger partial charge in [-0.3, -0.25) is 9.59 Å². The smallest absolute Gasteiger partial charge is 0.243 e. The predicted molar refractivity (Wildman–Crippen MR) is 113 cm³/mol. The van der Waals surface area contributed by atoms with Gasteiger partial charge in [0.1, 0.15) is 5.75 Å². The number of rotatable bonds is 10. The van der Waals surface area contributed by atoms with E-state index in [4.69, 9.17) is 4.74 Å². The van der Waals surface area contributed by atoms with Crippen molar-refractivity contribution < 1.29 is 14.3 Å². The molecule has 0 fully saturated rings. The molecule has 2 amide bonds. The molecule has 6 nitrogen and oxygen atoms in total. The zero-order chi connectivity index (χ0) is 20.4. The maximum atomic E-state index is 12.2. The zero-order valence-electron chi connectivity index (χ0n) is 16.8. The highest BCUT2D eigenvalue weighted by atomic mass is 16.5. The van der Waals surface area contributed by atoms with E-state index in [-0.39, 0.29) is 18.4 Å². The van der Waals surface area contributed by atoms with Gasteiger partial charge in [-0.05, 0) is 54.8 Å². The van der Waals surface area contributed by atoms with Gasteiger partial charge < -0.3 is 20.3 Å². The molecular weight excluding hydrogens is 354 g/mol. The molecule has 2 aromatic carbocycles. The zero-order valence-corrected chi connectivity index (χ0v) is 16.8. The van der Waals surface area contributed by atoms with Crippen LogP contribution in [0.5, 0.6) is 5.75 Å². The number of anilines is 2. The standard InChI is InChI=1S/C22H29N3O3/c1-4-14-28-20-11-9-18(10-12-20)23-16-21(26)24-19-7-5-6-17(15-19)8-13-22(27)25(2)3/h5-7,9-12,15,23H,4,8,13-14,16H2,1-3H3,(H,24,26). The summed E-state index contributed by atoms with van der Waals surface area (Å²) in [4.78, 5) is 25.5. The first-order valence-corrected chi connectivity index (χ1v) is 9.53. The van der Waals surface area contributed by atoms with Gasteiger partial charge in [0.25, 0.3) is 0 Å². The van der Waals surface area contributed by atoms with Crippen LogP contribution < -0.4 is 15.4 Å². The van der Waals surface area contributed by atoms with Crippen LogP contribution in [0.1, 0.15) is 25.3 Å². The Morgan fingerprint density at radius 3 is 2.46 bits per heavy atom. The molecule has 0 aliphatic heterocycles. The second-order valence-corrected chi connectivity index (χ2v) is 6.76. The van der Waals surface area contributed by atoms with Crippen molar-refractivity contribution in [2.24, 2.45) is 0 Å². The fourth-order valence-electron chi connectivity index (χ4n) is 2.56. The van der Waals surface area contributed by atoms with Gasteiger partial charge in [-0.25, -0.2) is 0 Å². The van der Waals surface area contributed by atoms with Crippen molar-refractivity contribution in [3.63, 3.8) is 0 Å². The number of amides is 2. The van der Waals surface area contributed by atoms with Crippen LogP contribution in [-0.4, -0.2) is 44.0 Å². The van der Waals surface area contributed by atoms with Gasteiger partial charge in [0, 0.05) is 31.9 Å². The molecule has 0 radical (unpaired) electrons. The summed E-state index contributed by atoms with van der Waals surface area (Å²) in [5.41, 5.74) is 2.60. The van der Waals surface area contributed by atoms with Crippen LogP contribution in [0, 0.1) is 0 Å². The van der Waals surface area contributed by atoms with Crippen molar-refractivity contribution >= 4 is 23.2 Å². The molecule has 2 N–H and O–H groups in total. The van der Waals surface area contributed by atoms with E-state index in [0.717, 1.165) is 29.1 Å². The number of carbonyl (C=O) groups excluding carboxylic acids is 2. The second kappa shape index (κ2) is 11.0. The molecule has 0 atom stereocenters. The highest BCUT2D eigenvalue weighted by Gasteiger charge is 2.06. The van der Waals surface area contributed by atoms with Crippen molar-refractivity contribution in [2.45, 2.75) is 26.2 Å². The van der Waals surface area contributed by atoms with Gasteiger partial charge in [0.2, 0.25) is 11.8 Å². The van der Waals surface area contributed by atoms with Gasteiger partial charge in [-0.1, -0.05) is 19.1 Å². The first-order chi connectivity index (χ1) is 13.5. The number of nitrogens with zero attached hydrogens (tertiary/aromatic N) is 1. The molecule has 0 heterocycles. The van der Waals surface area contributed by atoms with Crippen LogP contribution in [0.25, 0.3) is 0 Å². The van der Waals surface area contributed by atoms with Crippen molar-refractivity contribution in [3.8, 4) is 5.75 Å². The molecule has 28 heavy (non-hydrogen) atoms. The Balaban J connectivity index is 1.81. The summed E-state index contributed by atoms with van der Waals surface area (Å²) in [5, 5.41) is 5.98. The lowest BCUT2D eigenvalue weighted by atomic mass is 10.1. The molecular formula is C22H29N3O3. The van der Waals surface area contributed by atoms with Crippen LogP contribution in [-0.2, 0) is 16.0 Å². The van der Waals surface area contributed by atoms with Gasteiger partial charge >= 0.3 is 0 Å². The van der Waals surface area contributed by atoms with E-state index in [1.165, 1.54) is 0 Å². The third-order valence-electron chi connectivity index (χ3n) is 4.12. The minimum absolute atomic E-state index is 0.0877. The maximum absolute atomic E-state index is 12.2. The first kappa shape index (κ1) is 21.3. The van der Waals surface area contributed by atoms with Crippen molar-refractivity contribution in [2.75, 3.05) is 37.9 Å². The molecule has 0 aliphatic rings. The number of ether oxygens (including phenoxy) is 1. The summed E-state index contributed by atoms with van der Waals surface area (Å²) in [6.45, 7) is 2.92. The van der Waals surface area contributed by atoms with E-state index < -0.39 is 0 Å². The molecule has 150 valence electrons. The predicted octanol–water partition coefficient (Wildman–Crippen LogP) is 3.55. The second-order valence-electron chi connectivity index (χ2n) is 6.76. The summed E-state index contributed by atoms with van der Waals surface area (Å²) in [5.74, 6) is 0.777. The molecule has 2 aromatic rings.